The molecule has 0 bridgehead atoms. The summed E-state index contributed by atoms with van der Waals surface area (Å²) in [4.78, 5) is 0. The van der Waals surface area contributed by atoms with Gasteiger partial charge in [0.1, 0.15) is 0 Å². The molecule has 0 aliphatic rings. The Labute approximate surface area is 93.3 Å². The molecule has 0 fully saturated rings. The SMILES string of the molecule is Cc1cccc(CNCc2csnn2)c1. The zero-order chi connectivity index (χ0) is 10.5. The Balaban J connectivity index is 1.83. The van der Waals surface area contributed by atoms with Crippen molar-refractivity contribution in [3.05, 3.63) is 46.5 Å². The van der Waals surface area contributed by atoms with Gasteiger partial charge in [-0.25, -0.2) is 0 Å². The number of aromatic nitrogens is 2. The first kappa shape index (κ1) is 10.3. The van der Waals surface area contributed by atoms with Crippen LogP contribution in [-0.2, 0) is 13.1 Å². The van der Waals surface area contributed by atoms with E-state index in [1.807, 2.05) is 5.38 Å². The maximum absolute atomic E-state index is 3.97. The molecule has 4 heteroatoms. The first-order valence-corrected chi connectivity index (χ1v) is 5.70. The van der Waals surface area contributed by atoms with Gasteiger partial charge >= 0.3 is 0 Å². The predicted octanol–water partition coefficient (Wildman–Crippen LogP) is 2.14. The lowest BCUT2D eigenvalue weighted by molar-refractivity contribution is 0.677. The second-order valence-corrected chi connectivity index (χ2v) is 4.10. The number of nitrogens with zero attached hydrogens (tertiary/aromatic N) is 2. The number of hydrogen-bond acceptors (Lipinski definition) is 4. The summed E-state index contributed by atoms with van der Waals surface area (Å²) < 4.78 is 3.81. The van der Waals surface area contributed by atoms with Gasteiger partial charge in [0.05, 0.1) is 5.69 Å². The average molecular weight is 219 g/mol. The summed E-state index contributed by atoms with van der Waals surface area (Å²) in [6.07, 6.45) is 0. The van der Waals surface area contributed by atoms with Crippen molar-refractivity contribution >= 4 is 11.5 Å². The van der Waals surface area contributed by atoms with E-state index in [9.17, 15) is 0 Å². The second-order valence-electron chi connectivity index (χ2n) is 3.49. The number of aryl methyl sites for hydroxylation is 1. The maximum Gasteiger partial charge on any atom is 0.0893 e. The summed E-state index contributed by atoms with van der Waals surface area (Å²) in [5.74, 6) is 0. The van der Waals surface area contributed by atoms with Crippen LogP contribution in [0, 0.1) is 6.92 Å². The van der Waals surface area contributed by atoms with E-state index in [0.717, 1.165) is 18.8 Å². The van der Waals surface area contributed by atoms with Crippen LogP contribution >= 0.6 is 11.5 Å². The smallest absolute Gasteiger partial charge is 0.0893 e. The number of hydrogen-bond donors (Lipinski definition) is 1. The van der Waals surface area contributed by atoms with Crippen molar-refractivity contribution in [3.8, 4) is 0 Å². The van der Waals surface area contributed by atoms with Gasteiger partial charge in [0, 0.05) is 18.5 Å². The van der Waals surface area contributed by atoms with Gasteiger partial charge in [-0.3, -0.25) is 0 Å². The van der Waals surface area contributed by atoms with E-state index in [4.69, 9.17) is 0 Å². The van der Waals surface area contributed by atoms with Gasteiger partial charge in [-0.2, -0.15) is 0 Å². The van der Waals surface area contributed by atoms with E-state index >= 15 is 0 Å². The normalized spacial score (nSPS) is 10.5. The highest BCUT2D eigenvalue weighted by atomic mass is 32.1. The minimum Gasteiger partial charge on any atom is -0.307 e. The molecule has 0 atom stereocenters. The van der Waals surface area contributed by atoms with Crippen LogP contribution in [0.4, 0.5) is 0 Å². The maximum atomic E-state index is 3.97. The molecule has 3 nitrogen and oxygen atoms in total. The number of benzene rings is 1. The van der Waals surface area contributed by atoms with Crippen LogP contribution in [0.25, 0.3) is 0 Å². The van der Waals surface area contributed by atoms with Gasteiger partial charge in [-0.1, -0.05) is 34.3 Å². The molecule has 15 heavy (non-hydrogen) atoms. The van der Waals surface area contributed by atoms with Crippen molar-refractivity contribution in [3.63, 3.8) is 0 Å². The number of rotatable bonds is 4. The van der Waals surface area contributed by atoms with Gasteiger partial charge in [-0.15, -0.1) is 5.10 Å². The lowest BCUT2D eigenvalue weighted by Gasteiger charge is -2.03. The molecule has 2 aromatic rings. The molecule has 2 rings (SSSR count). The van der Waals surface area contributed by atoms with Crippen LogP contribution in [0.2, 0.25) is 0 Å². The Hall–Kier alpha value is -1.26. The van der Waals surface area contributed by atoms with E-state index in [1.54, 1.807) is 0 Å². The van der Waals surface area contributed by atoms with Crippen LogP contribution in [0.1, 0.15) is 16.8 Å². The van der Waals surface area contributed by atoms with Gasteiger partial charge in [0.15, 0.2) is 0 Å². The van der Waals surface area contributed by atoms with Gasteiger partial charge < -0.3 is 5.32 Å². The third-order valence-corrected chi connectivity index (χ3v) is 2.68. The molecule has 1 aromatic heterocycles. The Morgan fingerprint density at radius 1 is 1.33 bits per heavy atom. The molecule has 0 radical (unpaired) electrons. The lowest BCUT2D eigenvalue weighted by Crippen LogP contribution is -2.12. The quantitative estimate of drug-likeness (QED) is 0.856. The van der Waals surface area contributed by atoms with Crippen LogP contribution < -0.4 is 5.32 Å². The summed E-state index contributed by atoms with van der Waals surface area (Å²) in [6, 6.07) is 8.50. The molecule has 0 aliphatic carbocycles. The lowest BCUT2D eigenvalue weighted by atomic mass is 10.1. The molecule has 0 saturated carbocycles. The molecule has 0 spiro atoms. The van der Waals surface area contributed by atoms with E-state index in [1.165, 1.54) is 22.7 Å². The van der Waals surface area contributed by atoms with Crippen LogP contribution in [0.15, 0.2) is 29.6 Å². The minimum atomic E-state index is 0.782. The molecular formula is C11H13N3S. The topological polar surface area (TPSA) is 37.8 Å². The van der Waals surface area contributed by atoms with E-state index in [2.05, 4.69) is 46.1 Å². The van der Waals surface area contributed by atoms with Gasteiger partial charge in [0.25, 0.3) is 0 Å². The molecule has 1 aromatic carbocycles. The molecule has 0 saturated heterocycles. The van der Waals surface area contributed by atoms with Gasteiger partial charge in [0.2, 0.25) is 0 Å². The summed E-state index contributed by atoms with van der Waals surface area (Å²) in [5.41, 5.74) is 3.61. The van der Waals surface area contributed by atoms with Gasteiger partial charge in [-0.05, 0) is 24.0 Å². The fourth-order valence-electron chi connectivity index (χ4n) is 1.42. The van der Waals surface area contributed by atoms with E-state index < -0.39 is 0 Å². The molecule has 1 N–H and O–H groups in total. The largest absolute Gasteiger partial charge is 0.307 e. The fraction of sp³-hybridized carbons (Fsp3) is 0.273. The minimum absolute atomic E-state index is 0.782. The zero-order valence-electron chi connectivity index (χ0n) is 8.60. The summed E-state index contributed by atoms with van der Waals surface area (Å²) >= 11 is 1.39. The highest BCUT2D eigenvalue weighted by molar-refractivity contribution is 7.03. The number of nitrogens with one attached hydrogen (secondary N) is 1. The van der Waals surface area contributed by atoms with E-state index in [0.29, 0.717) is 0 Å². The summed E-state index contributed by atoms with van der Waals surface area (Å²) in [6.45, 7) is 3.76. The van der Waals surface area contributed by atoms with Crippen LogP contribution in [-0.4, -0.2) is 9.59 Å². The predicted molar refractivity (Wildman–Crippen MR) is 61.6 cm³/mol. The van der Waals surface area contributed by atoms with Crippen molar-refractivity contribution < 1.29 is 0 Å². The third kappa shape index (κ3) is 3.11. The first-order chi connectivity index (χ1) is 7.34. The van der Waals surface area contributed by atoms with Crippen LogP contribution in [0.3, 0.4) is 0 Å². The summed E-state index contributed by atoms with van der Waals surface area (Å²) in [5, 5.41) is 9.27. The third-order valence-electron chi connectivity index (χ3n) is 2.12. The molecule has 0 amide bonds. The molecule has 0 unspecified atom stereocenters. The highest BCUT2D eigenvalue weighted by Crippen LogP contribution is 2.04. The van der Waals surface area contributed by atoms with Crippen molar-refractivity contribution in [2.45, 2.75) is 20.0 Å². The summed E-state index contributed by atoms with van der Waals surface area (Å²) in [7, 11) is 0. The average Bonchev–Trinajstić information content (AvgIpc) is 2.71. The Morgan fingerprint density at radius 2 is 2.27 bits per heavy atom. The van der Waals surface area contributed by atoms with Crippen molar-refractivity contribution in [2.24, 2.45) is 0 Å². The first-order valence-electron chi connectivity index (χ1n) is 4.87. The zero-order valence-corrected chi connectivity index (χ0v) is 9.42. The molecule has 0 aliphatic heterocycles. The van der Waals surface area contributed by atoms with E-state index in [-0.39, 0.29) is 0 Å². The van der Waals surface area contributed by atoms with Crippen molar-refractivity contribution in [2.75, 3.05) is 0 Å². The standard InChI is InChI=1S/C11H13N3S/c1-9-3-2-4-10(5-9)6-12-7-11-8-15-14-13-11/h2-5,8,12H,6-7H2,1H3. The van der Waals surface area contributed by atoms with Crippen LogP contribution in [0.5, 0.6) is 0 Å². The Bertz CT molecular complexity index is 412. The molecule has 78 valence electrons. The fourth-order valence-corrected chi connectivity index (χ4v) is 1.87. The highest BCUT2D eigenvalue weighted by Gasteiger charge is 1.96. The van der Waals surface area contributed by atoms with Crippen molar-refractivity contribution in [1.82, 2.24) is 14.9 Å². The molecule has 1 heterocycles. The Kier molecular flexibility index (Phi) is 3.42. The molecular weight excluding hydrogens is 206 g/mol. The monoisotopic (exact) mass is 219 g/mol. The second kappa shape index (κ2) is 5.00. The van der Waals surface area contributed by atoms with Crippen molar-refractivity contribution in [1.29, 1.82) is 0 Å². The Morgan fingerprint density at radius 3 is 3.00 bits per heavy atom.